The van der Waals surface area contributed by atoms with Crippen LogP contribution < -0.4 is 5.32 Å². The van der Waals surface area contributed by atoms with Gasteiger partial charge in [0.15, 0.2) is 6.10 Å². The second kappa shape index (κ2) is 8.88. The summed E-state index contributed by atoms with van der Waals surface area (Å²) in [6.45, 7) is 3.44. The van der Waals surface area contributed by atoms with Crippen molar-refractivity contribution in [2.75, 3.05) is 5.32 Å². The van der Waals surface area contributed by atoms with Crippen LogP contribution in [0.2, 0.25) is 10.0 Å². The van der Waals surface area contributed by atoms with E-state index >= 15 is 0 Å². The molecule has 0 aliphatic carbocycles. The van der Waals surface area contributed by atoms with Crippen molar-refractivity contribution < 1.29 is 14.3 Å². The fourth-order valence-electron chi connectivity index (χ4n) is 2.29. The van der Waals surface area contributed by atoms with E-state index in [2.05, 4.69) is 5.32 Å². The first kappa shape index (κ1) is 19.3. The van der Waals surface area contributed by atoms with Crippen LogP contribution in [0, 0.1) is 0 Å². The van der Waals surface area contributed by atoms with E-state index in [4.69, 9.17) is 27.9 Å². The molecule has 4 nitrogen and oxygen atoms in total. The Kier molecular flexibility index (Phi) is 6.85. The highest BCUT2D eigenvalue weighted by Gasteiger charge is 2.21. The number of nitrogens with one attached hydrogen (secondary N) is 1. The molecule has 0 saturated carbocycles. The maximum absolute atomic E-state index is 12.2. The zero-order valence-electron chi connectivity index (χ0n) is 14.0. The van der Waals surface area contributed by atoms with E-state index in [1.54, 1.807) is 18.2 Å². The minimum absolute atomic E-state index is 0.00183. The van der Waals surface area contributed by atoms with Crippen LogP contribution in [0.4, 0.5) is 5.69 Å². The summed E-state index contributed by atoms with van der Waals surface area (Å²) in [4.78, 5) is 24.3. The molecule has 0 saturated heterocycles. The number of para-hydroxylation sites is 1. The van der Waals surface area contributed by atoms with Gasteiger partial charge in [-0.2, -0.15) is 0 Å². The highest BCUT2D eigenvalue weighted by Crippen LogP contribution is 2.30. The molecular weight excluding hydrogens is 361 g/mol. The Hall–Kier alpha value is -2.04. The first-order valence-electron chi connectivity index (χ1n) is 7.87. The topological polar surface area (TPSA) is 55.4 Å². The normalized spacial score (nSPS) is 13.0. The SMILES string of the molecule is C[C@@H](OC(=O)C[C@H](C)c1ccccc1)C(=O)Nc1c(Cl)cccc1Cl. The zero-order chi connectivity index (χ0) is 18.4. The number of benzene rings is 2. The summed E-state index contributed by atoms with van der Waals surface area (Å²) in [5, 5.41) is 3.22. The molecule has 1 N–H and O–H groups in total. The van der Waals surface area contributed by atoms with E-state index in [9.17, 15) is 9.59 Å². The van der Waals surface area contributed by atoms with Crippen LogP contribution in [-0.2, 0) is 14.3 Å². The van der Waals surface area contributed by atoms with Gasteiger partial charge in [0.2, 0.25) is 0 Å². The van der Waals surface area contributed by atoms with Crippen molar-refractivity contribution in [1.29, 1.82) is 0 Å². The zero-order valence-corrected chi connectivity index (χ0v) is 15.5. The highest BCUT2D eigenvalue weighted by molar-refractivity contribution is 6.39. The van der Waals surface area contributed by atoms with Crippen molar-refractivity contribution in [3.63, 3.8) is 0 Å². The molecule has 0 aliphatic heterocycles. The largest absolute Gasteiger partial charge is 0.453 e. The van der Waals surface area contributed by atoms with E-state index in [0.29, 0.717) is 15.7 Å². The summed E-state index contributed by atoms with van der Waals surface area (Å²) >= 11 is 12.0. The molecule has 25 heavy (non-hydrogen) atoms. The number of esters is 1. The van der Waals surface area contributed by atoms with Crippen LogP contribution in [0.15, 0.2) is 48.5 Å². The molecule has 6 heteroatoms. The standard InChI is InChI=1S/C19H19Cl2NO3/c1-12(14-7-4-3-5-8-14)11-17(23)25-13(2)19(24)22-18-15(20)9-6-10-16(18)21/h3-10,12-13H,11H2,1-2H3,(H,22,24)/t12-,13+/m0/s1. The number of ether oxygens (including phenoxy) is 1. The van der Waals surface area contributed by atoms with E-state index in [0.717, 1.165) is 5.56 Å². The summed E-state index contributed by atoms with van der Waals surface area (Å²) < 4.78 is 5.22. The van der Waals surface area contributed by atoms with Crippen LogP contribution in [0.5, 0.6) is 0 Å². The van der Waals surface area contributed by atoms with Crippen molar-refractivity contribution >= 4 is 40.8 Å². The average Bonchev–Trinajstić information content (AvgIpc) is 2.58. The fraction of sp³-hybridized carbons (Fsp3) is 0.263. The van der Waals surface area contributed by atoms with E-state index in [1.807, 2.05) is 37.3 Å². The predicted molar refractivity (Wildman–Crippen MR) is 100 cm³/mol. The molecule has 0 fully saturated rings. The molecule has 0 unspecified atom stereocenters. The fourth-order valence-corrected chi connectivity index (χ4v) is 2.78. The average molecular weight is 380 g/mol. The first-order valence-corrected chi connectivity index (χ1v) is 8.63. The third kappa shape index (κ3) is 5.48. The minimum Gasteiger partial charge on any atom is -0.453 e. The molecule has 1 amide bonds. The van der Waals surface area contributed by atoms with Crippen molar-refractivity contribution in [3.05, 3.63) is 64.1 Å². The molecule has 2 rings (SSSR count). The van der Waals surface area contributed by atoms with Crippen LogP contribution in [-0.4, -0.2) is 18.0 Å². The second-order valence-corrected chi connectivity index (χ2v) is 6.55. The number of carbonyl (C=O) groups is 2. The lowest BCUT2D eigenvalue weighted by molar-refractivity contribution is -0.153. The van der Waals surface area contributed by atoms with Gasteiger partial charge in [0.25, 0.3) is 5.91 Å². The van der Waals surface area contributed by atoms with Gasteiger partial charge >= 0.3 is 5.97 Å². The molecule has 0 radical (unpaired) electrons. The summed E-state index contributed by atoms with van der Waals surface area (Å²) in [6, 6.07) is 14.6. The maximum atomic E-state index is 12.2. The first-order chi connectivity index (χ1) is 11.9. The molecule has 0 aliphatic rings. The molecule has 132 valence electrons. The number of halogens is 2. The summed E-state index contributed by atoms with van der Waals surface area (Å²) in [6.07, 6.45) is -0.767. The lowest BCUT2D eigenvalue weighted by Crippen LogP contribution is -2.30. The minimum atomic E-state index is -0.956. The van der Waals surface area contributed by atoms with Crippen LogP contribution in [0.3, 0.4) is 0 Å². The van der Waals surface area contributed by atoms with Crippen molar-refractivity contribution in [2.24, 2.45) is 0 Å². The predicted octanol–water partition coefficient (Wildman–Crippen LogP) is 5.06. The smallest absolute Gasteiger partial charge is 0.307 e. The number of amides is 1. The van der Waals surface area contributed by atoms with Crippen molar-refractivity contribution in [2.45, 2.75) is 32.3 Å². The van der Waals surface area contributed by atoms with Gasteiger partial charge in [-0.3, -0.25) is 9.59 Å². The monoisotopic (exact) mass is 379 g/mol. The summed E-state index contributed by atoms with van der Waals surface area (Å²) in [7, 11) is 0. The number of hydrogen-bond acceptors (Lipinski definition) is 3. The lowest BCUT2D eigenvalue weighted by Gasteiger charge is -2.16. The van der Waals surface area contributed by atoms with E-state index in [1.165, 1.54) is 6.92 Å². The number of carbonyl (C=O) groups excluding carboxylic acids is 2. The lowest BCUT2D eigenvalue weighted by atomic mass is 9.98. The number of anilines is 1. The van der Waals surface area contributed by atoms with Gasteiger partial charge in [0, 0.05) is 0 Å². The third-order valence-electron chi connectivity index (χ3n) is 3.73. The number of rotatable bonds is 6. The Balaban J connectivity index is 1.91. The molecule has 0 bridgehead atoms. The van der Waals surface area contributed by atoms with Crippen LogP contribution >= 0.6 is 23.2 Å². The molecular formula is C19H19Cl2NO3. The van der Waals surface area contributed by atoms with Gasteiger partial charge in [-0.25, -0.2) is 0 Å². The maximum Gasteiger partial charge on any atom is 0.307 e. The number of hydrogen-bond donors (Lipinski definition) is 1. The van der Waals surface area contributed by atoms with Gasteiger partial charge < -0.3 is 10.1 Å². The molecule has 2 aromatic rings. The molecule has 0 aromatic heterocycles. The highest BCUT2D eigenvalue weighted by atomic mass is 35.5. The van der Waals surface area contributed by atoms with Gasteiger partial charge in [0.1, 0.15) is 0 Å². The van der Waals surface area contributed by atoms with Crippen molar-refractivity contribution in [1.82, 2.24) is 0 Å². The van der Waals surface area contributed by atoms with Gasteiger partial charge in [0.05, 0.1) is 22.2 Å². The summed E-state index contributed by atoms with van der Waals surface area (Å²) in [5.41, 5.74) is 1.34. The Morgan fingerprint density at radius 1 is 1.00 bits per heavy atom. The molecule has 0 spiro atoms. The van der Waals surface area contributed by atoms with Crippen LogP contribution in [0.25, 0.3) is 0 Å². The second-order valence-electron chi connectivity index (χ2n) is 5.73. The Bertz CT molecular complexity index is 729. The van der Waals surface area contributed by atoms with Gasteiger partial charge in [-0.1, -0.05) is 66.5 Å². The Morgan fingerprint density at radius 2 is 1.60 bits per heavy atom. The molecule has 0 heterocycles. The van der Waals surface area contributed by atoms with E-state index < -0.39 is 18.0 Å². The van der Waals surface area contributed by atoms with Crippen LogP contribution in [0.1, 0.15) is 31.7 Å². The Morgan fingerprint density at radius 3 is 2.20 bits per heavy atom. The van der Waals surface area contributed by atoms with Gasteiger partial charge in [-0.05, 0) is 30.5 Å². The quantitative estimate of drug-likeness (QED) is 0.713. The Labute approximate surface area is 157 Å². The van der Waals surface area contributed by atoms with Gasteiger partial charge in [-0.15, -0.1) is 0 Å². The molecule has 2 atom stereocenters. The third-order valence-corrected chi connectivity index (χ3v) is 4.36. The van der Waals surface area contributed by atoms with Crippen molar-refractivity contribution in [3.8, 4) is 0 Å². The van der Waals surface area contributed by atoms with E-state index in [-0.39, 0.29) is 12.3 Å². The molecule has 2 aromatic carbocycles. The summed E-state index contributed by atoms with van der Waals surface area (Å²) in [5.74, 6) is -0.929.